The molecule has 178 valence electrons. The molecule has 2 nitrogen and oxygen atoms in total. The Balaban J connectivity index is -0.00000392. The third kappa shape index (κ3) is 25.3. The Morgan fingerprint density at radius 1 is 0.633 bits per heavy atom. The zero-order chi connectivity index (χ0) is 21.4. The largest absolute Gasteiger partial charge is 1.00 e. The van der Waals surface area contributed by atoms with Crippen molar-refractivity contribution >= 4 is 11.1 Å². The molecule has 0 aliphatic rings. The third-order valence-electron chi connectivity index (χ3n) is 5.69. The van der Waals surface area contributed by atoms with Gasteiger partial charge in [-0.05, 0) is 19.3 Å². The summed E-state index contributed by atoms with van der Waals surface area (Å²) < 4.78 is 30.7. The van der Waals surface area contributed by atoms with Gasteiger partial charge < -0.3 is 1.43 Å². The maximum atomic E-state index is 13.8. The Bertz CT molecular complexity index is 351. The van der Waals surface area contributed by atoms with E-state index in [9.17, 15) is 8.60 Å². The van der Waals surface area contributed by atoms with Crippen LogP contribution in [0.25, 0.3) is 0 Å². The zero-order valence-corrected chi connectivity index (χ0v) is 23.6. The molecule has 2 unspecified atom stereocenters. The number of hydrogen-bond donors (Lipinski definition) is 0. The van der Waals surface area contributed by atoms with Crippen molar-refractivity contribution in [3.63, 3.8) is 0 Å². The van der Waals surface area contributed by atoms with Crippen LogP contribution in [-0.2, 0) is 15.3 Å². The van der Waals surface area contributed by atoms with Gasteiger partial charge in [-0.2, -0.15) is 0 Å². The minimum absolute atomic E-state index is 0. The minimum Gasteiger partial charge on any atom is -1.00 e. The SMILES string of the molecule is CCCCCCCCCCCCCCCCCOS(=O)C(F)CCCCCCC.[H-].[Na+]. The number of hydrogen-bond acceptors (Lipinski definition) is 2. The molecule has 0 aliphatic heterocycles. The molecular weight excluding hydrogens is 406 g/mol. The molecule has 0 aromatic heterocycles. The van der Waals surface area contributed by atoms with Crippen molar-refractivity contribution in [2.45, 2.75) is 154 Å². The predicted molar refractivity (Wildman–Crippen MR) is 128 cm³/mol. The van der Waals surface area contributed by atoms with Gasteiger partial charge >= 0.3 is 29.6 Å². The van der Waals surface area contributed by atoms with Crippen LogP contribution >= 0.6 is 0 Å². The number of halogens is 1. The second kappa shape index (κ2) is 28.1. The molecule has 0 saturated carbocycles. The van der Waals surface area contributed by atoms with Crippen LogP contribution in [0.4, 0.5) is 4.39 Å². The average Bonchev–Trinajstić information content (AvgIpc) is 2.73. The Morgan fingerprint density at radius 2 is 0.967 bits per heavy atom. The standard InChI is InChI=1S/C25H51FO2S.Na.H/c1-3-5-7-9-10-11-12-13-14-15-16-17-18-20-22-24-28-29(27)25(26)23-21-19-8-6-4-2;;/h25H,3-24H2,1-2H3;;/q;+1;-1. The summed E-state index contributed by atoms with van der Waals surface area (Å²) in [7, 11) is 0. The van der Waals surface area contributed by atoms with E-state index in [2.05, 4.69) is 13.8 Å². The van der Waals surface area contributed by atoms with E-state index in [4.69, 9.17) is 4.18 Å². The quantitative estimate of drug-likeness (QED) is 0.125. The molecule has 0 amide bonds. The Hall–Kier alpha value is 1.04. The molecule has 0 rings (SSSR count). The molecule has 0 fully saturated rings. The molecule has 0 aliphatic carbocycles. The average molecular weight is 459 g/mol. The summed E-state index contributed by atoms with van der Waals surface area (Å²) in [6.45, 7) is 4.87. The van der Waals surface area contributed by atoms with Gasteiger partial charge in [0.2, 0.25) is 0 Å². The topological polar surface area (TPSA) is 26.3 Å². The van der Waals surface area contributed by atoms with Gasteiger partial charge in [0.1, 0.15) is 0 Å². The third-order valence-corrected chi connectivity index (χ3v) is 6.74. The molecule has 0 spiro atoms. The maximum absolute atomic E-state index is 13.8. The number of alkyl halides is 1. The maximum Gasteiger partial charge on any atom is 1.00 e. The summed E-state index contributed by atoms with van der Waals surface area (Å²) in [6, 6.07) is 0. The van der Waals surface area contributed by atoms with Crippen LogP contribution in [-0.4, -0.2) is 16.3 Å². The van der Waals surface area contributed by atoms with Crippen LogP contribution in [0.3, 0.4) is 0 Å². The van der Waals surface area contributed by atoms with Gasteiger partial charge in [0.15, 0.2) is 16.6 Å². The first-order chi connectivity index (χ1) is 14.2. The fourth-order valence-electron chi connectivity index (χ4n) is 3.69. The Morgan fingerprint density at radius 3 is 1.37 bits per heavy atom. The van der Waals surface area contributed by atoms with Gasteiger partial charge in [0, 0.05) is 0 Å². The van der Waals surface area contributed by atoms with Gasteiger partial charge in [0.05, 0.1) is 6.61 Å². The zero-order valence-electron chi connectivity index (χ0n) is 21.7. The van der Waals surface area contributed by atoms with Crippen molar-refractivity contribution < 1.29 is 43.8 Å². The molecule has 0 radical (unpaired) electrons. The van der Waals surface area contributed by atoms with Crippen molar-refractivity contribution in [1.82, 2.24) is 0 Å². The van der Waals surface area contributed by atoms with Crippen molar-refractivity contribution in [2.75, 3.05) is 6.61 Å². The van der Waals surface area contributed by atoms with Gasteiger partial charge in [-0.25, -0.2) is 8.60 Å². The van der Waals surface area contributed by atoms with E-state index in [0.717, 1.165) is 32.1 Å². The summed E-state index contributed by atoms with van der Waals surface area (Å²) in [5.41, 5.74) is -1.31. The molecule has 5 heteroatoms. The smallest absolute Gasteiger partial charge is 1.00 e. The van der Waals surface area contributed by atoms with Crippen molar-refractivity contribution in [2.24, 2.45) is 0 Å². The summed E-state index contributed by atoms with van der Waals surface area (Å²) in [5, 5.41) is 0. The summed E-state index contributed by atoms with van der Waals surface area (Å²) in [5.74, 6) is 0. The fourth-order valence-corrected chi connectivity index (χ4v) is 4.48. The van der Waals surface area contributed by atoms with Gasteiger partial charge in [-0.1, -0.05) is 129 Å². The first-order valence-electron chi connectivity index (χ1n) is 12.9. The van der Waals surface area contributed by atoms with E-state index >= 15 is 0 Å². The molecule has 0 heterocycles. The van der Waals surface area contributed by atoms with E-state index in [1.54, 1.807) is 0 Å². The summed E-state index contributed by atoms with van der Waals surface area (Å²) >= 11 is -1.76. The molecule has 0 aromatic carbocycles. The van der Waals surface area contributed by atoms with E-state index in [1.807, 2.05) is 0 Å². The van der Waals surface area contributed by atoms with Gasteiger partial charge in [-0.15, -0.1) is 0 Å². The van der Waals surface area contributed by atoms with Crippen LogP contribution < -0.4 is 29.6 Å². The molecule has 0 saturated heterocycles. The molecule has 30 heavy (non-hydrogen) atoms. The molecular formula is C25H52FNaO2S. The molecule has 2 atom stereocenters. The monoisotopic (exact) mass is 458 g/mol. The number of rotatable bonds is 24. The van der Waals surface area contributed by atoms with E-state index in [1.165, 1.54) is 96.3 Å². The van der Waals surface area contributed by atoms with Crippen LogP contribution in [0.2, 0.25) is 0 Å². The normalized spacial score (nSPS) is 13.2. The second-order valence-corrected chi connectivity index (χ2v) is 9.91. The van der Waals surface area contributed by atoms with Crippen LogP contribution in [0, 0.1) is 0 Å². The molecule has 0 aromatic rings. The van der Waals surface area contributed by atoms with Crippen molar-refractivity contribution in [3.8, 4) is 0 Å². The van der Waals surface area contributed by atoms with E-state index in [0.29, 0.717) is 13.0 Å². The fraction of sp³-hybridized carbons (Fsp3) is 1.00. The van der Waals surface area contributed by atoms with Crippen LogP contribution in [0.5, 0.6) is 0 Å². The molecule has 0 N–H and O–H groups in total. The Kier molecular flexibility index (Phi) is 31.1. The number of unbranched alkanes of at least 4 members (excludes halogenated alkanes) is 18. The first kappa shape index (κ1) is 33.2. The first-order valence-corrected chi connectivity index (χ1v) is 14.0. The van der Waals surface area contributed by atoms with Crippen molar-refractivity contribution in [1.29, 1.82) is 0 Å². The molecule has 0 bridgehead atoms. The minimum atomic E-state index is -1.76. The van der Waals surface area contributed by atoms with Crippen molar-refractivity contribution in [3.05, 3.63) is 0 Å². The van der Waals surface area contributed by atoms with Gasteiger partial charge in [0.25, 0.3) is 0 Å². The summed E-state index contributed by atoms with van der Waals surface area (Å²) in [4.78, 5) is 0. The van der Waals surface area contributed by atoms with Crippen LogP contribution in [0.15, 0.2) is 0 Å². The predicted octanol–water partition coefficient (Wildman–Crippen LogP) is 6.31. The van der Waals surface area contributed by atoms with Crippen LogP contribution in [0.1, 0.15) is 150 Å². The second-order valence-electron chi connectivity index (χ2n) is 8.65. The Labute approximate surface area is 214 Å². The van der Waals surface area contributed by atoms with Gasteiger partial charge in [-0.3, -0.25) is 4.18 Å². The summed E-state index contributed by atoms with van der Waals surface area (Å²) in [6.07, 6.45) is 25.6. The van der Waals surface area contributed by atoms with E-state index < -0.39 is 16.6 Å². The van der Waals surface area contributed by atoms with E-state index in [-0.39, 0.29) is 31.0 Å².